The molecular formula is C17H23N3O. The van der Waals surface area contributed by atoms with Crippen LogP contribution in [-0.4, -0.2) is 28.4 Å². The van der Waals surface area contributed by atoms with Crippen LogP contribution >= 0.6 is 0 Å². The standard InChI is InChI=1S/C17H23N3O/c1-11(2)8-9-20(13-6-7-13)17(21)15-10-12-4-3-5-14(18)16(12)19-15/h3-5,10-11,13,19H,6-9,18H2,1-2H3. The highest BCUT2D eigenvalue weighted by atomic mass is 16.2. The lowest BCUT2D eigenvalue weighted by molar-refractivity contribution is 0.0730. The van der Waals surface area contributed by atoms with Crippen molar-refractivity contribution in [1.29, 1.82) is 0 Å². The molecule has 1 aliphatic rings. The SMILES string of the molecule is CC(C)CCN(C(=O)c1cc2cccc(N)c2[nH]1)C1CC1. The first-order valence-corrected chi connectivity index (χ1v) is 7.74. The topological polar surface area (TPSA) is 62.1 Å². The zero-order chi connectivity index (χ0) is 15.0. The number of aromatic nitrogens is 1. The number of nitrogens with one attached hydrogen (secondary N) is 1. The summed E-state index contributed by atoms with van der Waals surface area (Å²) in [6, 6.07) is 8.09. The molecule has 1 aromatic carbocycles. The predicted molar refractivity (Wildman–Crippen MR) is 86.2 cm³/mol. The fourth-order valence-electron chi connectivity index (χ4n) is 2.68. The first kappa shape index (κ1) is 14.0. The molecule has 1 aliphatic carbocycles. The number of nitrogens with two attached hydrogens (primary N) is 1. The van der Waals surface area contributed by atoms with Gasteiger partial charge in [-0.3, -0.25) is 4.79 Å². The van der Waals surface area contributed by atoms with Crippen LogP contribution in [-0.2, 0) is 0 Å². The van der Waals surface area contributed by atoms with Crippen molar-refractivity contribution in [2.45, 2.75) is 39.2 Å². The number of amides is 1. The van der Waals surface area contributed by atoms with Crippen LogP contribution in [0.5, 0.6) is 0 Å². The first-order chi connectivity index (χ1) is 10.1. The molecule has 0 spiro atoms. The number of carbonyl (C=O) groups is 1. The van der Waals surface area contributed by atoms with Gasteiger partial charge in [0.1, 0.15) is 5.69 Å². The lowest BCUT2D eigenvalue weighted by atomic mass is 10.1. The Hall–Kier alpha value is -1.97. The summed E-state index contributed by atoms with van der Waals surface area (Å²) in [5.41, 5.74) is 8.16. The van der Waals surface area contributed by atoms with E-state index in [0.717, 1.165) is 36.7 Å². The van der Waals surface area contributed by atoms with Gasteiger partial charge in [0.25, 0.3) is 5.91 Å². The molecule has 1 saturated carbocycles. The second-order valence-electron chi connectivity index (χ2n) is 6.41. The average molecular weight is 285 g/mol. The van der Waals surface area contributed by atoms with Crippen molar-refractivity contribution in [3.8, 4) is 0 Å². The number of hydrogen-bond acceptors (Lipinski definition) is 2. The normalized spacial score (nSPS) is 14.8. The van der Waals surface area contributed by atoms with Crippen LogP contribution in [0.1, 0.15) is 43.6 Å². The molecule has 2 aromatic rings. The monoisotopic (exact) mass is 285 g/mol. The highest BCUT2D eigenvalue weighted by molar-refractivity contribution is 6.01. The Morgan fingerprint density at radius 1 is 1.43 bits per heavy atom. The lowest BCUT2D eigenvalue weighted by Crippen LogP contribution is -2.34. The van der Waals surface area contributed by atoms with Crippen molar-refractivity contribution in [2.75, 3.05) is 12.3 Å². The van der Waals surface area contributed by atoms with E-state index in [1.807, 2.05) is 29.2 Å². The van der Waals surface area contributed by atoms with Gasteiger partial charge in [-0.1, -0.05) is 26.0 Å². The average Bonchev–Trinajstić information content (AvgIpc) is 3.16. The zero-order valence-electron chi connectivity index (χ0n) is 12.7. The third-order valence-corrected chi connectivity index (χ3v) is 4.11. The minimum atomic E-state index is 0.105. The van der Waals surface area contributed by atoms with Crippen LogP contribution in [0.2, 0.25) is 0 Å². The number of para-hydroxylation sites is 1. The maximum absolute atomic E-state index is 12.8. The van der Waals surface area contributed by atoms with Crippen molar-refractivity contribution < 1.29 is 4.79 Å². The minimum Gasteiger partial charge on any atom is -0.397 e. The highest BCUT2D eigenvalue weighted by Gasteiger charge is 2.33. The molecule has 4 nitrogen and oxygen atoms in total. The maximum atomic E-state index is 12.8. The molecule has 0 atom stereocenters. The van der Waals surface area contributed by atoms with Crippen LogP contribution in [0.25, 0.3) is 10.9 Å². The molecule has 0 radical (unpaired) electrons. The number of carbonyl (C=O) groups excluding carboxylic acids is 1. The maximum Gasteiger partial charge on any atom is 0.270 e. The van der Waals surface area contributed by atoms with Crippen LogP contribution < -0.4 is 5.73 Å². The van der Waals surface area contributed by atoms with Gasteiger partial charge in [0.2, 0.25) is 0 Å². The number of nitrogens with zero attached hydrogens (tertiary/aromatic N) is 1. The fourth-order valence-corrected chi connectivity index (χ4v) is 2.68. The molecule has 0 unspecified atom stereocenters. The van der Waals surface area contributed by atoms with Gasteiger partial charge in [0.05, 0.1) is 11.2 Å². The molecule has 3 N–H and O–H groups in total. The number of fused-ring (bicyclic) bond motifs is 1. The van der Waals surface area contributed by atoms with Crippen LogP contribution in [0.3, 0.4) is 0 Å². The molecule has 3 rings (SSSR count). The van der Waals surface area contributed by atoms with Gasteiger partial charge < -0.3 is 15.6 Å². The van der Waals surface area contributed by atoms with Crippen molar-refractivity contribution in [3.05, 3.63) is 30.0 Å². The van der Waals surface area contributed by atoms with Gasteiger partial charge in [0, 0.05) is 18.0 Å². The largest absolute Gasteiger partial charge is 0.397 e. The Morgan fingerprint density at radius 2 is 2.19 bits per heavy atom. The van der Waals surface area contributed by atoms with Gasteiger partial charge in [-0.2, -0.15) is 0 Å². The number of aromatic amines is 1. The van der Waals surface area contributed by atoms with E-state index in [1.165, 1.54) is 0 Å². The van der Waals surface area contributed by atoms with Gasteiger partial charge >= 0.3 is 0 Å². The Bertz CT molecular complexity index is 655. The Labute approximate surface area is 125 Å². The fraction of sp³-hybridized carbons (Fsp3) is 0.471. The summed E-state index contributed by atoms with van der Waals surface area (Å²) in [6.45, 7) is 5.23. The van der Waals surface area contributed by atoms with E-state index in [1.54, 1.807) is 0 Å². The quantitative estimate of drug-likeness (QED) is 0.827. The molecule has 1 fully saturated rings. The number of nitrogen functional groups attached to an aromatic ring is 1. The van der Waals surface area contributed by atoms with E-state index in [-0.39, 0.29) is 5.91 Å². The van der Waals surface area contributed by atoms with Crippen LogP contribution in [0.15, 0.2) is 24.3 Å². The summed E-state index contributed by atoms with van der Waals surface area (Å²) >= 11 is 0. The van der Waals surface area contributed by atoms with Crippen LogP contribution in [0, 0.1) is 5.92 Å². The van der Waals surface area contributed by atoms with Gasteiger partial charge in [0.15, 0.2) is 0 Å². The number of H-pyrrole nitrogens is 1. The Balaban J connectivity index is 1.85. The van der Waals surface area contributed by atoms with Crippen molar-refractivity contribution >= 4 is 22.5 Å². The molecule has 0 aliphatic heterocycles. The smallest absolute Gasteiger partial charge is 0.270 e. The summed E-state index contributed by atoms with van der Waals surface area (Å²) in [5.74, 6) is 0.714. The lowest BCUT2D eigenvalue weighted by Gasteiger charge is -2.22. The zero-order valence-corrected chi connectivity index (χ0v) is 12.7. The molecule has 21 heavy (non-hydrogen) atoms. The molecule has 0 bridgehead atoms. The van der Waals surface area contributed by atoms with E-state index >= 15 is 0 Å². The van der Waals surface area contributed by atoms with Crippen LogP contribution in [0.4, 0.5) is 5.69 Å². The highest BCUT2D eigenvalue weighted by Crippen LogP contribution is 2.30. The molecule has 1 heterocycles. The minimum absolute atomic E-state index is 0.105. The number of hydrogen-bond donors (Lipinski definition) is 2. The van der Waals surface area contributed by atoms with Crippen molar-refractivity contribution in [3.63, 3.8) is 0 Å². The molecule has 0 saturated heterocycles. The molecule has 1 aromatic heterocycles. The summed E-state index contributed by atoms with van der Waals surface area (Å²) in [7, 11) is 0. The van der Waals surface area contributed by atoms with Crippen molar-refractivity contribution in [1.82, 2.24) is 9.88 Å². The van der Waals surface area contributed by atoms with E-state index in [4.69, 9.17) is 5.73 Å². The van der Waals surface area contributed by atoms with E-state index < -0.39 is 0 Å². The Kier molecular flexibility index (Phi) is 3.62. The van der Waals surface area contributed by atoms with Crippen molar-refractivity contribution in [2.24, 2.45) is 5.92 Å². The third kappa shape index (κ3) is 2.89. The number of anilines is 1. The van der Waals surface area contributed by atoms with Gasteiger partial charge in [-0.05, 0) is 37.3 Å². The summed E-state index contributed by atoms with van der Waals surface area (Å²) in [6.07, 6.45) is 3.31. The first-order valence-electron chi connectivity index (χ1n) is 7.74. The Morgan fingerprint density at radius 3 is 2.81 bits per heavy atom. The van der Waals surface area contributed by atoms with E-state index in [2.05, 4.69) is 18.8 Å². The second kappa shape index (κ2) is 5.43. The molecule has 4 heteroatoms. The second-order valence-corrected chi connectivity index (χ2v) is 6.41. The summed E-state index contributed by atoms with van der Waals surface area (Å²) in [4.78, 5) is 18.0. The third-order valence-electron chi connectivity index (χ3n) is 4.11. The van der Waals surface area contributed by atoms with E-state index in [0.29, 0.717) is 23.3 Å². The van der Waals surface area contributed by atoms with Gasteiger partial charge in [-0.25, -0.2) is 0 Å². The van der Waals surface area contributed by atoms with Gasteiger partial charge in [-0.15, -0.1) is 0 Å². The molecular weight excluding hydrogens is 262 g/mol. The summed E-state index contributed by atoms with van der Waals surface area (Å²) < 4.78 is 0. The number of rotatable bonds is 5. The number of benzene rings is 1. The molecule has 112 valence electrons. The molecule has 1 amide bonds. The van der Waals surface area contributed by atoms with E-state index in [9.17, 15) is 4.79 Å². The summed E-state index contributed by atoms with van der Waals surface area (Å²) in [5, 5.41) is 0.998. The predicted octanol–water partition coefficient (Wildman–Crippen LogP) is 3.40.